The third-order valence-electron chi connectivity index (χ3n) is 6.50. The first kappa shape index (κ1) is 26.8. The van der Waals surface area contributed by atoms with Crippen LogP contribution in [0.2, 0.25) is 0 Å². The van der Waals surface area contributed by atoms with Crippen LogP contribution >= 0.6 is 0 Å². The van der Waals surface area contributed by atoms with Crippen molar-refractivity contribution in [3.05, 3.63) is 73.1 Å². The molecular formula is C30H31N5O5. The molecule has 0 aliphatic carbocycles. The van der Waals surface area contributed by atoms with Crippen LogP contribution in [0.25, 0.3) is 33.1 Å². The van der Waals surface area contributed by atoms with Gasteiger partial charge in [0.15, 0.2) is 5.88 Å². The van der Waals surface area contributed by atoms with E-state index in [0.717, 1.165) is 24.0 Å². The van der Waals surface area contributed by atoms with Crippen molar-refractivity contribution >= 4 is 33.6 Å². The lowest BCUT2D eigenvalue weighted by Crippen LogP contribution is -2.30. The van der Waals surface area contributed by atoms with E-state index in [1.165, 1.54) is 6.33 Å². The van der Waals surface area contributed by atoms with Crippen LogP contribution in [0.3, 0.4) is 0 Å². The standard InChI is InChI=1S/C30H31N5O5/c1-35(20-7-4-3-5-8-20)14-6-13-31-30(37)40-22-10-12-25-24(17-22)27(29(36)34-25)28-23-11-9-21(39-16-15-38-2)18-26(23)32-19-33-28/h3-5,7-12,17-19,34,36H,6,13-16H2,1-2H3,(H,31,37). The quantitative estimate of drug-likeness (QED) is 0.197. The Kier molecular flexibility index (Phi) is 8.26. The molecule has 3 aromatic carbocycles. The van der Waals surface area contributed by atoms with Crippen molar-refractivity contribution in [1.29, 1.82) is 0 Å². The first-order chi connectivity index (χ1) is 19.5. The molecule has 206 valence electrons. The van der Waals surface area contributed by atoms with Gasteiger partial charge in [-0.15, -0.1) is 0 Å². The van der Waals surface area contributed by atoms with Gasteiger partial charge in [-0.1, -0.05) is 18.2 Å². The zero-order valence-electron chi connectivity index (χ0n) is 22.4. The van der Waals surface area contributed by atoms with Gasteiger partial charge in [0.25, 0.3) is 0 Å². The Morgan fingerprint density at radius 2 is 1.82 bits per heavy atom. The molecule has 40 heavy (non-hydrogen) atoms. The summed E-state index contributed by atoms with van der Waals surface area (Å²) in [5.74, 6) is 0.962. The highest BCUT2D eigenvalue weighted by Gasteiger charge is 2.19. The molecule has 5 rings (SSSR count). The van der Waals surface area contributed by atoms with Crippen LogP contribution in [-0.2, 0) is 4.74 Å². The average molecular weight is 542 g/mol. The highest BCUT2D eigenvalue weighted by atomic mass is 16.6. The number of aromatic hydroxyl groups is 1. The monoisotopic (exact) mass is 541 g/mol. The Bertz CT molecular complexity index is 1610. The predicted octanol–water partition coefficient (Wildman–Crippen LogP) is 5.12. The molecule has 1 amide bonds. The van der Waals surface area contributed by atoms with E-state index >= 15 is 0 Å². The average Bonchev–Trinajstić information content (AvgIpc) is 3.30. The van der Waals surface area contributed by atoms with Gasteiger partial charge in [-0.3, -0.25) is 0 Å². The number of ether oxygens (including phenoxy) is 3. The largest absolute Gasteiger partial charge is 0.494 e. The summed E-state index contributed by atoms with van der Waals surface area (Å²) < 4.78 is 16.3. The van der Waals surface area contributed by atoms with Crippen molar-refractivity contribution in [3.63, 3.8) is 0 Å². The number of rotatable bonds is 11. The second-order valence-corrected chi connectivity index (χ2v) is 9.23. The number of para-hydroxylation sites is 1. The molecule has 0 bridgehead atoms. The number of carbonyl (C=O) groups excluding carboxylic acids is 1. The molecule has 0 aliphatic heterocycles. The number of nitrogens with one attached hydrogen (secondary N) is 2. The van der Waals surface area contributed by atoms with Gasteiger partial charge in [0.05, 0.1) is 23.4 Å². The van der Waals surface area contributed by atoms with Gasteiger partial charge in [0, 0.05) is 55.3 Å². The molecule has 0 aliphatic rings. The Morgan fingerprint density at radius 3 is 2.65 bits per heavy atom. The minimum Gasteiger partial charge on any atom is -0.494 e. The van der Waals surface area contributed by atoms with E-state index in [1.807, 2.05) is 55.6 Å². The van der Waals surface area contributed by atoms with Crippen molar-refractivity contribution in [2.75, 3.05) is 45.4 Å². The van der Waals surface area contributed by atoms with Gasteiger partial charge >= 0.3 is 6.09 Å². The number of hydrogen-bond donors (Lipinski definition) is 3. The minimum absolute atomic E-state index is 0.0421. The highest BCUT2D eigenvalue weighted by Crippen LogP contribution is 2.40. The van der Waals surface area contributed by atoms with Gasteiger partial charge < -0.3 is 34.5 Å². The maximum absolute atomic E-state index is 12.5. The van der Waals surface area contributed by atoms with Crippen LogP contribution in [0.4, 0.5) is 10.5 Å². The zero-order chi connectivity index (χ0) is 27.9. The molecule has 2 aromatic heterocycles. The van der Waals surface area contributed by atoms with E-state index < -0.39 is 6.09 Å². The van der Waals surface area contributed by atoms with Crippen LogP contribution < -0.4 is 19.7 Å². The molecule has 0 spiro atoms. The molecule has 0 saturated carbocycles. The van der Waals surface area contributed by atoms with Crippen LogP contribution in [0, 0.1) is 0 Å². The third-order valence-corrected chi connectivity index (χ3v) is 6.50. The molecule has 5 aromatic rings. The Hall–Kier alpha value is -4.83. The van der Waals surface area contributed by atoms with Gasteiger partial charge in [-0.2, -0.15) is 0 Å². The number of H-pyrrole nitrogens is 1. The smallest absolute Gasteiger partial charge is 0.412 e. The van der Waals surface area contributed by atoms with E-state index in [4.69, 9.17) is 14.2 Å². The van der Waals surface area contributed by atoms with Gasteiger partial charge in [-0.25, -0.2) is 14.8 Å². The lowest BCUT2D eigenvalue weighted by atomic mass is 10.0. The summed E-state index contributed by atoms with van der Waals surface area (Å²) in [6, 6.07) is 20.7. The molecule has 10 heteroatoms. The van der Waals surface area contributed by atoms with E-state index in [-0.39, 0.29) is 5.88 Å². The summed E-state index contributed by atoms with van der Waals surface area (Å²) in [5, 5.41) is 15.0. The van der Waals surface area contributed by atoms with Gasteiger partial charge in [0.2, 0.25) is 0 Å². The second kappa shape index (κ2) is 12.4. The summed E-state index contributed by atoms with van der Waals surface area (Å²) in [7, 11) is 3.64. The van der Waals surface area contributed by atoms with Crippen LogP contribution in [0.15, 0.2) is 73.1 Å². The fraction of sp³-hybridized carbons (Fsp3) is 0.233. The number of fused-ring (bicyclic) bond motifs is 2. The van der Waals surface area contributed by atoms with E-state index in [2.05, 4.69) is 25.2 Å². The number of aromatic amines is 1. The highest BCUT2D eigenvalue weighted by molar-refractivity contribution is 6.05. The number of carbonyl (C=O) groups is 1. The SMILES string of the molecule is COCCOc1ccc2c(-c3c(O)[nH]c4ccc(OC(=O)NCCCN(C)c5ccccc5)cc34)ncnc2c1. The first-order valence-electron chi connectivity index (χ1n) is 13.0. The molecule has 3 N–H and O–H groups in total. The molecule has 2 heterocycles. The maximum atomic E-state index is 12.5. The van der Waals surface area contributed by atoms with Crippen molar-refractivity contribution in [3.8, 4) is 28.6 Å². The lowest BCUT2D eigenvalue weighted by Gasteiger charge is -2.19. The number of hydrogen-bond acceptors (Lipinski definition) is 8. The molecule has 0 atom stereocenters. The summed E-state index contributed by atoms with van der Waals surface area (Å²) >= 11 is 0. The van der Waals surface area contributed by atoms with E-state index in [0.29, 0.717) is 58.9 Å². The second-order valence-electron chi connectivity index (χ2n) is 9.23. The molecule has 0 saturated heterocycles. The van der Waals surface area contributed by atoms with Crippen LogP contribution in [0.5, 0.6) is 17.4 Å². The number of benzene rings is 3. The van der Waals surface area contributed by atoms with Gasteiger partial charge in [0.1, 0.15) is 24.4 Å². The van der Waals surface area contributed by atoms with Crippen molar-refractivity contribution in [2.24, 2.45) is 0 Å². The number of aromatic nitrogens is 3. The summed E-state index contributed by atoms with van der Waals surface area (Å²) in [6.45, 7) is 2.16. The maximum Gasteiger partial charge on any atom is 0.412 e. The molecule has 0 fully saturated rings. The summed E-state index contributed by atoms with van der Waals surface area (Å²) in [4.78, 5) is 26.4. The molecule has 0 radical (unpaired) electrons. The first-order valence-corrected chi connectivity index (χ1v) is 13.0. The minimum atomic E-state index is -0.545. The van der Waals surface area contributed by atoms with Crippen molar-refractivity contribution in [1.82, 2.24) is 20.3 Å². The number of anilines is 1. The Balaban J connectivity index is 1.29. The van der Waals surface area contributed by atoms with E-state index in [1.54, 1.807) is 25.3 Å². The van der Waals surface area contributed by atoms with Gasteiger partial charge in [-0.05, 0) is 48.9 Å². The third kappa shape index (κ3) is 6.08. The van der Waals surface area contributed by atoms with Crippen molar-refractivity contribution in [2.45, 2.75) is 6.42 Å². The predicted molar refractivity (Wildman–Crippen MR) is 154 cm³/mol. The van der Waals surface area contributed by atoms with Crippen molar-refractivity contribution < 1.29 is 24.1 Å². The Labute approximate surface area is 231 Å². The summed E-state index contributed by atoms with van der Waals surface area (Å²) in [6.07, 6.45) is 1.66. The van der Waals surface area contributed by atoms with E-state index in [9.17, 15) is 9.90 Å². The number of nitrogens with zero attached hydrogens (tertiary/aromatic N) is 3. The molecule has 0 unspecified atom stereocenters. The fourth-order valence-electron chi connectivity index (χ4n) is 4.49. The number of amides is 1. The molecule has 10 nitrogen and oxygen atoms in total. The topological polar surface area (TPSA) is 122 Å². The molecular weight excluding hydrogens is 510 g/mol. The Morgan fingerprint density at radius 1 is 1.00 bits per heavy atom. The van der Waals surface area contributed by atoms with Crippen LogP contribution in [-0.4, -0.2) is 66.6 Å². The zero-order valence-corrected chi connectivity index (χ0v) is 22.4. The van der Waals surface area contributed by atoms with Crippen LogP contribution in [0.1, 0.15) is 6.42 Å². The normalized spacial score (nSPS) is 11.1. The summed E-state index contributed by atoms with van der Waals surface area (Å²) in [5.41, 5.74) is 3.50. The number of methoxy groups -OCH3 is 1. The fourth-order valence-corrected chi connectivity index (χ4v) is 4.49. The lowest BCUT2D eigenvalue weighted by molar-refractivity contribution is 0.146.